The van der Waals surface area contributed by atoms with Gasteiger partial charge in [-0.3, -0.25) is 4.98 Å². The summed E-state index contributed by atoms with van der Waals surface area (Å²) in [4.78, 5) is 4.05. The van der Waals surface area contributed by atoms with Gasteiger partial charge in [0.25, 0.3) is 0 Å². The van der Waals surface area contributed by atoms with E-state index < -0.39 is 6.29 Å². The molecular formula is C12H16N4O2. The SMILES string of the molecule is Cn1c(CCCC(O)O)nnc1-c1cccnc1. The quantitative estimate of drug-likeness (QED) is 0.753. The number of pyridine rings is 1. The lowest BCUT2D eigenvalue weighted by molar-refractivity contribution is -0.0462. The molecule has 2 heterocycles. The van der Waals surface area contributed by atoms with Crippen molar-refractivity contribution in [3.63, 3.8) is 0 Å². The van der Waals surface area contributed by atoms with E-state index in [2.05, 4.69) is 15.2 Å². The number of hydrogen-bond donors (Lipinski definition) is 2. The molecule has 0 bridgehead atoms. The maximum absolute atomic E-state index is 8.79. The molecule has 2 rings (SSSR count). The number of aliphatic hydroxyl groups excluding tert-OH is 1. The van der Waals surface area contributed by atoms with Crippen LogP contribution in [0.2, 0.25) is 0 Å². The first-order valence-electron chi connectivity index (χ1n) is 5.83. The third-order valence-corrected chi connectivity index (χ3v) is 2.75. The van der Waals surface area contributed by atoms with E-state index in [1.807, 2.05) is 23.7 Å². The van der Waals surface area contributed by atoms with Gasteiger partial charge in [-0.1, -0.05) is 0 Å². The zero-order chi connectivity index (χ0) is 13.0. The summed E-state index contributed by atoms with van der Waals surface area (Å²) < 4.78 is 1.90. The molecular weight excluding hydrogens is 232 g/mol. The van der Waals surface area contributed by atoms with Crippen LogP contribution in [0, 0.1) is 0 Å². The summed E-state index contributed by atoms with van der Waals surface area (Å²) in [6.45, 7) is 0. The molecule has 2 aromatic heterocycles. The second kappa shape index (κ2) is 5.70. The van der Waals surface area contributed by atoms with Crippen LogP contribution in [-0.2, 0) is 13.5 Å². The highest BCUT2D eigenvalue weighted by atomic mass is 16.5. The highest BCUT2D eigenvalue weighted by Crippen LogP contribution is 2.16. The third kappa shape index (κ3) is 2.91. The molecule has 0 saturated carbocycles. The fraction of sp³-hybridized carbons (Fsp3) is 0.417. The van der Waals surface area contributed by atoms with Crippen molar-refractivity contribution in [1.82, 2.24) is 19.7 Å². The Kier molecular flexibility index (Phi) is 4.01. The molecule has 0 unspecified atom stereocenters. The summed E-state index contributed by atoms with van der Waals surface area (Å²) in [5, 5.41) is 25.8. The molecule has 0 atom stereocenters. The van der Waals surface area contributed by atoms with E-state index in [0.29, 0.717) is 19.3 Å². The average molecular weight is 248 g/mol. The van der Waals surface area contributed by atoms with Gasteiger partial charge in [-0.05, 0) is 25.0 Å². The second-order valence-electron chi connectivity index (χ2n) is 4.11. The van der Waals surface area contributed by atoms with Crippen molar-refractivity contribution in [3.05, 3.63) is 30.4 Å². The van der Waals surface area contributed by atoms with Crippen LogP contribution in [0.15, 0.2) is 24.5 Å². The summed E-state index contributed by atoms with van der Waals surface area (Å²) in [6.07, 6.45) is 3.87. The number of aryl methyl sites for hydroxylation is 1. The molecule has 0 radical (unpaired) electrons. The van der Waals surface area contributed by atoms with Gasteiger partial charge in [0.2, 0.25) is 0 Å². The zero-order valence-corrected chi connectivity index (χ0v) is 10.2. The molecule has 0 aliphatic heterocycles. The summed E-state index contributed by atoms with van der Waals surface area (Å²) in [7, 11) is 1.90. The maximum Gasteiger partial charge on any atom is 0.165 e. The second-order valence-corrected chi connectivity index (χ2v) is 4.11. The summed E-state index contributed by atoms with van der Waals surface area (Å²) >= 11 is 0. The van der Waals surface area contributed by atoms with Gasteiger partial charge in [-0.15, -0.1) is 10.2 Å². The molecule has 0 saturated heterocycles. The zero-order valence-electron chi connectivity index (χ0n) is 10.2. The van der Waals surface area contributed by atoms with Gasteiger partial charge in [-0.25, -0.2) is 0 Å². The van der Waals surface area contributed by atoms with Crippen molar-refractivity contribution < 1.29 is 10.2 Å². The Balaban J connectivity index is 2.09. The third-order valence-electron chi connectivity index (χ3n) is 2.75. The van der Waals surface area contributed by atoms with Crippen LogP contribution in [0.4, 0.5) is 0 Å². The van der Waals surface area contributed by atoms with E-state index in [9.17, 15) is 0 Å². The van der Waals surface area contributed by atoms with Gasteiger partial charge < -0.3 is 14.8 Å². The van der Waals surface area contributed by atoms with Crippen molar-refractivity contribution in [2.45, 2.75) is 25.6 Å². The average Bonchev–Trinajstić information content (AvgIpc) is 2.72. The molecule has 0 spiro atoms. The minimum atomic E-state index is -1.25. The molecule has 18 heavy (non-hydrogen) atoms. The first-order valence-corrected chi connectivity index (χ1v) is 5.83. The Bertz CT molecular complexity index is 496. The number of nitrogens with zero attached hydrogens (tertiary/aromatic N) is 4. The summed E-state index contributed by atoms with van der Waals surface area (Å²) in [5.41, 5.74) is 0.918. The van der Waals surface area contributed by atoms with Crippen LogP contribution in [0.25, 0.3) is 11.4 Å². The summed E-state index contributed by atoms with van der Waals surface area (Å²) in [5.74, 6) is 1.59. The van der Waals surface area contributed by atoms with Crippen molar-refractivity contribution >= 4 is 0 Å². The van der Waals surface area contributed by atoms with Gasteiger partial charge in [0.05, 0.1) is 0 Å². The monoisotopic (exact) mass is 248 g/mol. The van der Waals surface area contributed by atoms with Crippen molar-refractivity contribution in [2.24, 2.45) is 7.05 Å². The van der Waals surface area contributed by atoms with E-state index in [-0.39, 0.29) is 0 Å². The molecule has 0 fully saturated rings. The number of rotatable bonds is 5. The predicted molar refractivity (Wildman–Crippen MR) is 65.4 cm³/mol. The van der Waals surface area contributed by atoms with Crippen molar-refractivity contribution in [2.75, 3.05) is 0 Å². The lowest BCUT2D eigenvalue weighted by Gasteiger charge is -2.04. The highest BCUT2D eigenvalue weighted by Gasteiger charge is 2.10. The normalized spacial score (nSPS) is 11.1. The molecule has 0 aromatic carbocycles. The van der Waals surface area contributed by atoms with Crippen LogP contribution in [0.3, 0.4) is 0 Å². The van der Waals surface area contributed by atoms with E-state index in [1.165, 1.54) is 0 Å². The molecule has 0 aliphatic rings. The van der Waals surface area contributed by atoms with Crippen LogP contribution in [0.1, 0.15) is 18.7 Å². The molecule has 0 amide bonds. The van der Waals surface area contributed by atoms with Crippen LogP contribution in [-0.4, -0.2) is 36.3 Å². The maximum atomic E-state index is 8.79. The minimum Gasteiger partial charge on any atom is -0.368 e. The van der Waals surface area contributed by atoms with Crippen molar-refractivity contribution in [3.8, 4) is 11.4 Å². The number of aliphatic hydroxyl groups is 2. The van der Waals surface area contributed by atoms with Gasteiger partial charge in [0.15, 0.2) is 12.1 Å². The molecule has 2 aromatic rings. The lowest BCUT2D eigenvalue weighted by Crippen LogP contribution is -2.06. The topological polar surface area (TPSA) is 84.1 Å². The number of aromatic nitrogens is 4. The van der Waals surface area contributed by atoms with E-state index >= 15 is 0 Å². The van der Waals surface area contributed by atoms with Crippen LogP contribution in [0.5, 0.6) is 0 Å². The molecule has 6 heteroatoms. The minimum absolute atomic E-state index is 0.342. The first kappa shape index (κ1) is 12.7. The van der Waals surface area contributed by atoms with Gasteiger partial charge in [0, 0.05) is 31.4 Å². The van der Waals surface area contributed by atoms with Crippen molar-refractivity contribution in [1.29, 1.82) is 0 Å². The smallest absolute Gasteiger partial charge is 0.165 e. The van der Waals surface area contributed by atoms with Gasteiger partial charge >= 0.3 is 0 Å². The van der Waals surface area contributed by atoms with Crippen LogP contribution < -0.4 is 0 Å². The standard InChI is InChI=1S/C12H16N4O2/c1-16-10(5-2-6-11(17)18)14-15-12(16)9-4-3-7-13-8-9/h3-4,7-8,11,17-18H,2,5-6H2,1H3. The van der Waals surface area contributed by atoms with E-state index in [4.69, 9.17) is 10.2 Å². The Morgan fingerprint density at radius 1 is 1.33 bits per heavy atom. The summed E-state index contributed by atoms with van der Waals surface area (Å²) in [6, 6.07) is 3.78. The Hall–Kier alpha value is -1.79. The Labute approximate surface area is 105 Å². The molecule has 6 nitrogen and oxygen atoms in total. The molecule has 96 valence electrons. The Morgan fingerprint density at radius 2 is 2.17 bits per heavy atom. The predicted octanol–water partition coefficient (Wildman–Crippen LogP) is 0.510. The number of hydrogen-bond acceptors (Lipinski definition) is 5. The largest absolute Gasteiger partial charge is 0.368 e. The van der Waals surface area contributed by atoms with E-state index in [0.717, 1.165) is 17.2 Å². The van der Waals surface area contributed by atoms with Crippen LogP contribution >= 0.6 is 0 Å². The molecule has 2 N–H and O–H groups in total. The van der Waals surface area contributed by atoms with E-state index in [1.54, 1.807) is 12.4 Å². The fourth-order valence-corrected chi connectivity index (χ4v) is 1.77. The highest BCUT2D eigenvalue weighted by molar-refractivity contribution is 5.53. The first-order chi connectivity index (χ1) is 8.68. The van der Waals surface area contributed by atoms with Gasteiger partial charge in [0.1, 0.15) is 5.82 Å². The van der Waals surface area contributed by atoms with Gasteiger partial charge in [-0.2, -0.15) is 0 Å². The molecule has 0 aliphatic carbocycles. The fourth-order valence-electron chi connectivity index (χ4n) is 1.77. The lowest BCUT2D eigenvalue weighted by atomic mass is 10.2. The Morgan fingerprint density at radius 3 is 2.83 bits per heavy atom.